The van der Waals surface area contributed by atoms with E-state index in [2.05, 4.69) is 5.32 Å². The van der Waals surface area contributed by atoms with Gasteiger partial charge in [0.1, 0.15) is 5.78 Å². The average molecular weight is 393 g/mol. The lowest BCUT2D eigenvalue weighted by Gasteiger charge is -2.38. The van der Waals surface area contributed by atoms with E-state index in [4.69, 9.17) is 0 Å². The predicted octanol–water partition coefficient (Wildman–Crippen LogP) is 2.97. The molecule has 0 saturated heterocycles. The Morgan fingerprint density at radius 1 is 1.15 bits per heavy atom. The van der Waals surface area contributed by atoms with Crippen LogP contribution in [0.2, 0.25) is 0 Å². The third kappa shape index (κ3) is 2.51. The maximum Gasteiger partial charge on any atom is 0.242 e. The second kappa shape index (κ2) is 5.88. The number of aryl methyl sites for hydroxylation is 1. The maximum atomic E-state index is 13.3. The Morgan fingerprint density at radius 2 is 1.78 bits per heavy atom. The summed E-state index contributed by atoms with van der Waals surface area (Å²) in [6, 6.07) is 4.72. The minimum absolute atomic E-state index is 0.129. The van der Waals surface area contributed by atoms with Crippen LogP contribution < -0.4 is 5.32 Å². The first kappa shape index (κ1) is 20.0. The molecule has 1 aromatic rings. The number of fused-ring (bicyclic) bond motifs is 2. The summed E-state index contributed by atoms with van der Waals surface area (Å²) in [6.07, 6.45) is 1.63. The van der Waals surface area contributed by atoms with E-state index in [1.807, 2.05) is 27.7 Å². The molecular weight excluding hydrogens is 364 g/mol. The van der Waals surface area contributed by atoms with Crippen LogP contribution in [-0.2, 0) is 19.6 Å². The van der Waals surface area contributed by atoms with E-state index in [-0.39, 0.29) is 23.0 Å². The van der Waals surface area contributed by atoms with Crippen molar-refractivity contribution in [3.63, 3.8) is 0 Å². The van der Waals surface area contributed by atoms with Gasteiger partial charge in [-0.1, -0.05) is 26.8 Å². The van der Waals surface area contributed by atoms with Crippen LogP contribution in [-0.4, -0.2) is 38.5 Å². The van der Waals surface area contributed by atoms with Gasteiger partial charge in [-0.2, -0.15) is 0 Å². The molecule has 1 N–H and O–H groups in total. The molecule has 1 aromatic carbocycles. The smallest absolute Gasteiger partial charge is 0.242 e. The number of nitrogens with one attached hydrogen (secondary N) is 1. The van der Waals surface area contributed by atoms with Gasteiger partial charge in [-0.05, 0) is 42.9 Å². The number of sulfonamides is 1. The summed E-state index contributed by atoms with van der Waals surface area (Å²) in [4.78, 5) is 26.0. The van der Waals surface area contributed by atoms with Crippen molar-refractivity contribution in [3.8, 4) is 0 Å². The van der Waals surface area contributed by atoms with Crippen molar-refractivity contribution < 1.29 is 18.0 Å². The number of hydrogen-bond acceptors (Lipinski definition) is 4. The molecule has 148 valence electrons. The third-order valence-electron chi connectivity index (χ3n) is 7.38. The highest BCUT2D eigenvalue weighted by Gasteiger charge is 2.72. The number of Topliss-reactive ketones (excluding diaryl/α,β-unsaturated/α-hetero) is 1. The molecule has 0 aliphatic heterocycles. The van der Waals surface area contributed by atoms with Crippen molar-refractivity contribution in [1.82, 2.24) is 4.31 Å². The van der Waals surface area contributed by atoms with Crippen LogP contribution in [0.5, 0.6) is 0 Å². The van der Waals surface area contributed by atoms with E-state index in [9.17, 15) is 18.0 Å². The molecule has 2 aliphatic carbocycles. The van der Waals surface area contributed by atoms with Crippen LogP contribution in [0.15, 0.2) is 23.1 Å². The molecule has 2 saturated carbocycles. The SMILES string of the molecule is Cc1ccc(S(=O)(=O)N(C)C)cc1NC(=O)C12CCC(C)(C(=O)C1)C2(C)C. The van der Waals surface area contributed by atoms with E-state index < -0.39 is 26.3 Å². The van der Waals surface area contributed by atoms with Crippen LogP contribution in [0.25, 0.3) is 0 Å². The van der Waals surface area contributed by atoms with E-state index in [0.29, 0.717) is 18.5 Å². The molecular formula is C20H28N2O4S. The highest BCUT2D eigenvalue weighted by atomic mass is 32.2. The number of nitrogens with zero attached hydrogens (tertiary/aromatic N) is 1. The molecule has 2 bridgehead atoms. The molecule has 2 aliphatic rings. The first-order chi connectivity index (χ1) is 12.3. The summed E-state index contributed by atoms with van der Waals surface area (Å²) in [6.45, 7) is 7.80. The van der Waals surface area contributed by atoms with Crippen molar-refractivity contribution >= 4 is 27.4 Å². The molecule has 6 nitrogen and oxygen atoms in total. The Balaban J connectivity index is 1.97. The van der Waals surface area contributed by atoms with Crippen molar-refractivity contribution in [1.29, 1.82) is 0 Å². The monoisotopic (exact) mass is 392 g/mol. The standard InChI is InChI=1S/C20H28N2O4S/c1-13-7-8-14(27(25,26)22(5)6)11-15(13)21-17(24)20-10-9-19(4,16(23)12-20)18(20,2)3/h7-8,11H,9-10,12H2,1-6H3,(H,21,24). The molecule has 27 heavy (non-hydrogen) atoms. The topological polar surface area (TPSA) is 83.6 Å². The largest absolute Gasteiger partial charge is 0.325 e. The van der Waals surface area contributed by atoms with Gasteiger partial charge in [0.15, 0.2) is 0 Å². The Morgan fingerprint density at radius 3 is 2.26 bits per heavy atom. The molecule has 0 spiro atoms. The Bertz CT molecular complexity index is 935. The molecule has 2 atom stereocenters. The highest BCUT2D eigenvalue weighted by Crippen LogP contribution is 2.70. The van der Waals surface area contributed by atoms with Crippen LogP contribution >= 0.6 is 0 Å². The van der Waals surface area contributed by atoms with E-state index in [1.54, 1.807) is 6.07 Å². The second-order valence-corrected chi connectivity index (χ2v) is 11.0. The zero-order chi connectivity index (χ0) is 20.4. The normalized spacial score (nSPS) is 29.4. The minimum Gasteiger partial charge on any atom is -0.325 e. The van der Waals surface area contributed by atoms with Gasteiger partial charge < -0.3 is 5.32 Å². The zero-order valence-electron chi connectivity index (χ0n) is 16.8. The van der Waals surface area contributed by atoms with E-state index >= 15 is 0 Å². The summed E-state index contributed by atoms with van der Waals surface area (Å²) in [5.41, 5.74) is -0.416. The van der Waals surface area contributed by atoms with Crippen LogP contribution in [0.4, 0.5) is 5.69 Å². The number of amides is 1. The number of carbonyl (C=O) groups is 2. The lowest BCUT2D eigenvalue weighted by molar-refractivity contribution is -0.131. The van der Waals surface area contributed by atoms with E-state index in [0.717, 1.165) is 9.87 Å². The first-order valence-corrected chi connectivity index (χ1v) is 10.6. The lowest BCUT2D eigenvalue weighted by atomic mass is 9.64. The molecule has 0 heterocycles. The second-order valence-electron chi connectivity index (χ2n) is 8.86. The van der Waals surface area contributed by atoms with Crippen LogP contribution in [0, 0.1) is 23.2 Å². The predicted molar refractivity (Wildman–Crippen MR) is 104 cm³/mol. The summed E-state index contributed by atoms with van der Waals surface area (Å²) in [5.74, 6) is -0.0425. The van der Waals surface area contributed by atoms with Crippen LogP contribution in [0.1, 0.15) is 45.6 Å². The Hall–Kier alpha value is -1.73. The Kier molecular flexibility index (Phi) is 4.36. The average Bonchev–Trinajstić information content (AvgIpc) is 2.86. The third-order valence-corrected chi connectivity index (χ3v) is 9.19. The van der Waals surface area contributed by atoms with Crippen LogP contribution in [0.3, 0.4) is 0 Å². The fraction of sp³-hybridized carbons (Fsp3) is 0.600. The van der Waals surface area contributed by atoms with Gasteiger partial charge in [0.2, 0.25) is 15.9 Å². The highest BCUT2D eigenvalue weighted by molar-refractivity contribution is 7.89. The van der Waals surface area contributed by atoms with Crippen molar-refractivity contribution in [3.05, 3.63) is 23.8 Å². The van der Waals surface area contributed by atoms with Gasteiger partial charge in [-0.3, -0.25) is 9.59 Å². The molecule has 7 heteroatoms. The van der Waals surface area contributed by atoms with Crippen molar-refractivity contribution in [2.45, 2.75) is 51.9 Å². The molecule has 2 fully saturated rings. The first-order valence-electron chi connectivity index (χ1n) is 9.17. The van der Waals surface area contributed by atoms with Gasteiger partial charge in [-0.15, -0.1) is 0 Å². The fourth-order valence-electron chi connectivity index (χ4n) is 4.71. The lowest BCUT2D eigenvalue weighted by Crippen LogP contribution is -2.43. The van der Waals surface area contributed by atoms with Crippen molar-refractivity contribution in [2.24, 2.45) is 16.2 Å². The number of carbonyl (C=O) groups excluding carboxylic acids is 2. The summed E-state index contributed by atoms with van der Waals surface area (Å²) in [5, 5.41) is 2.94. The maximum absolute atomic E-state index is 13.3. The number of hydrogen-bond donors (Lipinski definition) is 1. The summed E-state index contributed by atoms with van der Waals surface area (Å²) >= 11 is 0. The molecule has 0 aromatic heterocycles. The van der Waals surface area contributed by atoms with Gasteiger partial charge in [0.25, 0.3) is 0 Å². The number of anilines is 1. The van der Waals surface area contributed by atoms with Gasteiger partial charge in [0.05, 0.1) is 10.3 Å². The molecule has 0 radical (unpaired) electrons. The summed E-state index contributed by atoms with van der Waals surface area (Å²) in [7, 11) is -0.656. The van der Waals surface area contributed by atoms with Gasteiger partial charge in [0, 0.05) is 31.6 Å². The number of benzene rings is 1. The van der Waals surface area contributed by atoms with Gasteiger partial charge in [-0.25, -0.2) is 12.7 Å². The number of ketones is 1. The Labute approximate surface area is 161 Å². The number of rotatable bonds is 4. The van der Waals surface area contributed by atoms with Crippen molar-refractivity contribution in [2.75, 3.05) is 19.4 Å². The van der Waals surface area contributed by atoms with E-state index in [1.165, 1.54) is 26.2 Å². The molecule has 1 amide bonds. The quantitative estimate of drug-likeness (QED) is 0.854. The van der Waals surface area contributed by atoms with Gasteiger partial charge >= 0.3 is 0 Å². The molecule has 2 unspecified atom stereocenters. The molecule has 3 rings (SSSR count). The minimum atomic E-state index is -3.60. The fourth-order valence-corrected chi connectivity index (χ4v) is 5.64. The summed E-state index contributed by atoms with van der Waals surface area (Å²) < 4.78 is 26.0. The zero-order valence-corrected chi connectivity index (χ0v) is 17.7.